The number of anilines is 3. The molecule has 0 N–H and O–H groups in total. The third-order valence-electron chi connectivity index (χ3n) is 15.5. The fourth-order valence-corrected chi connectivity index (χ4v) is 12.1. The molecule has 0 heterocycles. The van der Waals surface area contributed by atoms with Gasteiger partial charge in [0.05, 0.1) is 11.4 Å². The van der Waals surface area contributed by atoms with Crippen molar-refractivity contribution in [2.75, 3.05) is 4.90 Å². The van der Waals surface area contributed by atoms with E-state index in [1.165, 1.54) is 143 Å². The minimum Gasteiger partial charge on any atom is -0.309 e. The fourth-order valence-electron chi connectivity index (χ4n) is 12.1. The highest BCUT2D eigenvalue weighted by Gasteiger charge is 2.38. The topological polar surface area (TPSA) is 3.24 Å². The van der Waals surface area contributed by atoms with E-state index in [1.54, 1.807) is 0 Å². The van der Waals surface area contributed by atoms with Crippen LogP contribution in [0.5, 0.6) is 0 Å². The van der Waals surface area contributed by atoms with Crippen molar-refractivity contribution in [3.63, 3.8) is 0 Å². The molecular weight excluding hydrogens is 783 g/mol. The van der Waals surface area contributed by atoms with Crippen LogP contribution in [0.25, 0.3) is 66.4 Å². The van der Waals surface area contributed by atoms with Crippen LogP contribution in [0.1, 0.15) is 93.5 Å². The van der Waals surface area contributed by atoms with Gasteiger partial charge in [-0.05, 0) is 138 Å². The largest absolute Gasteiger partial charge is 0.309 e. The lowest BCUT2D eigenvalue weighted by molar-refractivity contribution is 0.445. The Morgan fingerprint density at radius 2 is 0.908 bits per heavy atom. The highest BCUT2D eigenvalue weighted by atomic mass is 15.1. The van der Waals surface area contributed by atoms with Gasteiger partial charge >= 0.3 is 0 Å². The maximum Gasteiger partial charge on any atom is 0.0549 e. The van der Waals surface area contributed by atoms with Gasteiger partial charge < -0.3 is 4.90 Å². The van der Waals surface area contributed by atoms with Gasteiger partial charge in [-0.1, -0.05) is 205 Å². The van der Waals surface area contributed by atoms with Crippen LogP contribution in [0.4, 0.5) is 17.1 Å². The van der Waals surface area contributed by atoms with Crippen LogP contribution in [0.2, 0.25) is 0 Å². The Morgan fingerprint density at radius 1 is 0.369 bits per heavy atom. The van der Waals surface area contributed by atoms with Crippen LogP contribution in [0.15, 0.2) is 194 Å². The molecule has 0 unspecified atom stereocenters. The molecule has 1 saturated carbocycles. The monoisotopic (exact) mass is 837 g/mol. The first-order valence-electron chi connectivity index (χ1n) is 23.9. The number of benzene rings is 9. The molecule has 12 rings (SSSR count). The molecule has 0 amide bonds. The van der Waals surface area contributed by atoms with E-state index in [0.29, 0.717) is 5.92 Å². The van der Waals surface area contributed by atoms with Gasteiger partial charge in [-0.15, -0.1) is 0 Å². The third-order valence-corrected chi connectivity index (χ3v) is 15.5. The summed E-state index contributed by atoms with van der Waals surface area (Å²) >= 11 is 0. The van der Waals surface area contributed by atoms with Crippen LogP contribution in [-0.2, 0) is 10.8 Å². The van der Waals surface area contributed by atoms with E-state index in [4.69, 9.17) is 0 Å². The molecule has 0 saturated heterocycles. The molecule has 0 aliphatic heterocycles. The van der Waals surface area contributed by atoms with Crippen LogP contribution >= 0.6 is 0 Å². The molecule has 3 aliphatic rings. The highest BCUT2D eigenvalue weighted by molar-refractivity contribution is 6.09. The van der Waals surface area contributed by atoms with E-state index in [1.807, 2.05) is 0 Å². The summed E-state index contributed by atoms with van der Waals surface area (Å²) in [6, 6.07) is 73.8. The molecule has 9 aromatic rings. The van der Waals surface area contributed by atoms with Gasteiger partial charge in [-0.25, -0.2) is 0 Å². The van der Waals surface area contributed by atoms with E-state index in [9.17, 15) is 0 Å². The summed E-state index contributed by atoms with van der Waals surface area (Å²) in [5, 5.41) is 2.70. The van der Waals surface area contributed by atoms with Gasteiger partial charge in [0.2, 0.25) is 0 Å². The average Bonchev–Trinajstić information content (AvgIpc) is 3.73. The first kappa shape index (κ1) is 39.6. The molecule has 65 heavy (non-hydrogen) atoms. The lowest BCUT2D eigenvalue weighted by Crippen LogP contribution is -2.18. The zero-order valence-electron chi connectivity index (χ0n) is 38.0. The second kappa shape index (κ2) is 15.3. The number of nitrogens with zero attached hydrogens (tertiary/aromatic N) is 1. The Balaban J connectivity index is 1.19. The van der Waals surface area contributed by atoms with E-state index < -0.39 is 0 Å². The second-order valence-corrected chi connectivity index (χ2v) is 19.9. The SMILES string of the molecule is CC1(C)c2ccccc2-c2ccc(-c3c(N(c4ccc5c(c4)C(C)(C)c4ccccc4-5)c4ccc(-c5ccccc5)cc4-c4ccccc4)cc(C4CCCCC4)c4ccccc34)cc21. The molecule has 1 fully saturated rings. The summed E-state index contributed by atoms with van der Waals surface area (Å²) in [6.07, 6.45) is 6.32. The molecular formula is C64H55N. The summed E-state index contributed by atoms with van der Waals surface area (Å²) in [6.45, 7) is 9.62. The lowest BCUT2D eigenvalue weighted by Gasteiger charge is -2.34. The number of fused-ring (bicyclic) bond motifs is 7. The van der Waals surface area contributed by atoms with Crippen molar-refractivity contribution in [1.82, 2.24) is 0 Å². The number of hydrogen-bond acceptors (Lipinski definition) is 1. The lowest BCUT2D eigenvalue weighted by atomic mass is 9.79. The Kier molecular flexibility index (Phi) is 9.35. The van der Waals surface area contributed by atoms with Crippen molar-refractivity contribution < 1.29 is 0 Å². The standard InChI is InChI=1S/C64H55N/c1-63(2)56-30-18-16-27-49(56)51-35-32-46(39-58(51)63)62-53-29-15-14-26-48(53)54(43-22-10-6-11-23-43)41-61(62)65(47-34-36-52-50-28-17-19-31-57(50)64(3,4)59(52)40-47)60-37-33-45(42-20-8-5-9-21-42)38-55(60)44-24-12-7-13-25-44/h5,7-9,12-21,24-41,43H,6,10-11,22-23H2,1-4H3. The van der Waals surface area contributed by atoms with Crippen molar-refractivity contribution >= 4 is 27.8 Å². The van der Waals surface area contributed by atoms with Gasteiger partial charge in [0.25, 0.3) is 0 Å². The second-order valence-electron chi connectivity index (χ2n) is 19.9. The van der Waals surface area contributed by atoms with Gasteiger partial charge in [0.15, 0.2) is 0 Å². The zero-order valence-corrected chi connectivity index (χ0v) is 38.0. The maximum absolute atomic E-state index is 2.65. The van der Waals surface area contributed by atoms with Crippen molar-refractivity contribution in [3.8, 4) is 55.6 Å². The molecule has 0 radical (unpaired) electrons. The molecule has 3 aliphatic carbocycles. The first-order valence-corrected chi connectivity index (χ1v) is 23.9. The number of rotatable bonds is 7. The van der Waals surface area contributed by atoms with E-state index >= 15 is 0 Å². The molecule has 0 bridgehead atoms. The molecule has 1 nitrogen and oxygen atoms in total. The Morgan fingerprint density at radius 3 is 1.58 bits per heavy atom. The smallest absolute Gasteiger partial charge is 0.0549 e. The van der Waals surface area contributed by atoms with Crippen molar-refractivity contribution in [1.29, 1.82) is 0 Å². The van der Waals surface area contributed by atoms with Crippen LogP contribution in [0, 0.1) is 0 Å². The molecule has 316 valence electrons. The average molecular weight is 838 g/mol. The third kappa shape index (κ3) is 6.34. The quantitative estimate of drug-likeness (QED) is 0.155. The normalized spacial score (nSPS) is 15.6. The van der Waals surface area contributed by atoms with E-state index in [2.05, 4.69) is 227 Å². The Hall–Kier alpha value is -6.96. The van der Waals surface area contributed by atoms with Gasteiger partial charge in [0.1, 0.15) is 0 Å². The fraction of sp³-hybridized carbons (Fsp3) is 0.188. The summed E-state index contributed by atoms with van der Waals surface area (Å²) in [7, 11) is 0. The Labute approximate surface area is 385 Å². The van der Waals surface area contributed by atoms with Gasteiger partial charge in [-0.3, -0.25) is 0 Å². The predicted molar refractivity (Wildman–Crippen MR) is 276 cm³/mol. The summed E-state index contributed by atoms with van der Waals surface area (Å²) in [5.74, 6) is 0.499. The molecule has 0 spiro atoms. The van der Waals surface area contributed by atoms with Gasteiger partial charge in [0, 0.05) is 27.6 Å². The predicted octanol–water partition coefficient (Wildman–Crippen LogP) is 18.0. The molecule has 9 aromatic carbocycles. The molecule has 0 aromatic heterocycles. The van der Waals surface area contributed by atoms with Crippen LogP contribution in [-0.4, -0.2) is 0 Å². The first-order chi connectivity index (χ1) is 31.8. The summed E-state index contributed by atoms with van der Waals surface area (Å²) in [4.78, 5) is 2.65. The molecule has 1 heteroatoms. The van der Waals surface area contributed by atoms with Crippen molar-refractivity contribution in [3.05, 3.63) is 222 Å². The van der Waals surface area contributed by atoms with Crippen LogP contribution in [0.3, 0.4) is 0 Å². The Bertz CT molecular complexity index is 3290. The van der Waals surface area contributed by atoms with Crippen molar-refractivity contribution in [2.45, 2.75) is 76.5 Å². The number of hydrogen-bond donors (Lipinski definition) is 0. The van der Waals surface area contributed by atoms with Crippen LogP contribution < -0.4 is 4.90 Å². The minimum atomic E-state index is -0.160. The molecule has 0 atom stereocenters. The maximum atomic E-state index is 2.65. The van der Waals surface area contributed by atoms with Gasteiger partial charge in [-0.2, -0.15) is 0 Å². The minimum absolute atomic E-state index is 0.131. The summed E-state index contributed by atoms with van der Waals surface area (Å²) in [5.41, 5.74) is 23.1. The zero-order chi connectivity index (χ0) is 43.9. The highest BCUT2D eigenvalue weighted by Crippen LogP contribution is 2.56. The van der Waals surface area contributed by atoms with E-state index in [0.717, 1.165) is 0 Å². The van der Waals surface area contributed by atoms with E-state index in [-0.39, 0.29) is 10.8 Å². The van der Waals surface area contributed by atoms with Crippen molar-refractivity contribution in [2.24, 2.45) is 0 Å². The summed E-state index contributed by atoms with van der Waals surface area (Å²) < 4.78 is 0.